The highest BCUT2D eigenvalue weighted by Gasteiger charge is 2.44. The van der Waals surface area contributed by atoms with Crippen LogP contribution in [0.2, 0.25) is 0 Å². The fourth-order valence-electron chi connectivity index (χ4n) is 6.89. The van der Waals surface area contributed by atoms with E-state index in [9.17, 15) is 14.4 Å². The second-order valence-corrected chi connectivity index (χ2v) is 11.6. The number of rotatable bonds is 6. The van der Waals surface area contributed by atoms with Crippen LogP contribution in [0.3, 0.4) is 0 Å². The molecule has 4 aromatic rings. The lowest BCUT2D eigenvalue weighted by molar-refractivity contribution is -0.127. The number of alkyl carbamates (subject to hydrolysis) is 1. The summed E-state index contributed by atoms with van der Waals surface area (Å²) >= 11 is 0. The Morgan fingerprint density at radius 1 is 0.860 bits per heavy atom. The normalized spacial score (nSPS) is 19.1. The van der Waals surface area contributed by atoms with Gasteiger partial charge in [-0.3, -0.25) is 14.5 Å². The van der Waals surface area contributed by atoms with Gasteiger partial charge in [0, 0.05) is 12.3 Å². The highest BCUT2D eigenvalue weighted by molar-refractivity contribution is 6.07. The highest BCUT2D eigenvalue weighted by atomic mass is 16.5. The molecule has 0 radical (unpaired) electrons. The molecule has 7 heteroatoms. The minimum absolute atomic E-state index is 0.0759. The second kappa shape index (κ2) is 11.1. The summed E-state index contributed by atoms with van der Waals surface area (Å²) < 4.78 is 5.77. The van der Waals surface area contributed by atoms with Crippen LogP contribution >= 0.6 is 0 Å². The molecule has 0 bridgehead atoms. The molecule has 0 aromatic heterocycles. The summed E-state index contributed by atoms with van der Waals surface area (Å²) in [5.41, 5.74) is 8.33. The lowest BCUT2D eigenvalue weighted by Crippen LogP contribution is -2.54. The van der Waals surface area contributed by atoms with E-state index in [-0.39, 0.29) is 30.4 Å². The fourth-order valence-corrected chi connectivity index (χ4v) is 6.89. The number of nitrogens with one attached hydrogen (secondary N) is 2. The summed E-state index contributed by atoms with van der Waals surface area (Å²) in [5.74, 6) is -0.577. The number of carbonyl (C=O) groups excluding carboxylic acids is 3. The van der Waals surface area contributed by atoms with Gasteiger partial charge in [0.2, 0.25) is 11.8 Å². The van der Waals surface area contributed by atoms with Crippen molar-refractivity contribution in [1.82, 2.24) is 10.6 Å². The number of fused-ring (bicyclic) bond motifs is 3. The summed E-state index contributed by atoms with van der Waals surface area (Å²) in [6.45, 7) is 2.10. The molecule has 2 N–H and O–H groups in total. The maximum Gasteiger partial charge on any atom is 0.407 e. The zero-order chi connectivity index (χ0) is 29.5. The number of hydrogen-bond donors (Lipinski definition) is 2. The zero-order valence-corrected chi connectivity index (χ0v) is 24.0. The smallest absolute Gasteiger partial charge is 0.407 e. The standard InChI is InChI=1S/C36H33N3O4/c1-22(23-10-3-2-4-11-23)37-34(40)32-20-25-13-9-12-24-18-19-31(35(41)39(32)33(24)25)38-36(42)43-21-30-28-16-7-5-14-26(28)27-15-6-8-17-29(27)30/h2-17,22,30-32H,18-21H2,1H3,(H,37,40)(H,38,42). The summed E-state index contributed by atoms with van der Waals surface area (Å²) in [6.07, 6.45) is 0.823. The second-order valence-electron chi connectivity index (χ2n) is 11.6. The predicted octanol–water partition coefficient (Wildman–Crippen LogP) is 5.68. The number of aryl methyl sites for hydroxylation is 1. The number of carbonyl (C=O) groups is 3. The fraction of sp³-hybridized carbons (Fsp3) is 0.250. The molecule has 3 aliphatic rings. The van der Waals surface area contributed by atoms with Crippen LogP contribution in [0.25, 0.3) is 11.1 Å². The van der Waals surface area contributed by atoms with Gasteiger partial charge in [-0.1, -0.05) is 97.1 Å². The Balaban J connectivity index is 1.07. The van der Waals surface area contributed by atoms with Crippen LogP contribution in [0.5, 0.6) is 0 Å². The number of anilines is 1. The van der Waals surface area contributed by atoms with Gasteiger partial charge in [-0.05, 0) is 58.7 Å². The summed E-state index contributed by atoms with van der Waals surface area (Å²) in [6, 6.07) is 30.3. The number of benzene rings is 4. The monoisotopic (exact) mass is 571 g/mol. The van der Waals surface area contributed by atoms with E-state index in [0.29, 0.717) is 19.3 Å². The van der Waals surface area contributed by atoms with Crippen molar-refractivity contribution >= 4 is 23.6 Å². The van der Waals surface area contributed by atoms with Crippen molar-refractivity contribution in [2.45, 2.75) is 50.2 Å². The maximum absolute atomic E-state index is 14.0. The summed E-state index contributed by atoms with van der Waals surface area (Å²) in [4.78, 5) is 42.4. The first kappa shape index (κ1) is 27.0. The van der Waals surface area contributed by atoms with Crippen molar-refractivity contribution in [2.75, 3.05) is 11.5 Å². The molecule has 7 rings (SSSR count). The average molecular weight is 572 g/mol. The van der Waals surface area contributed by atoms with Crippen molar-refractivity contribution in [3.63, 3.8) is 0 Å². The maximum atomic E-state index is 14.0. The molecular formula is C36H33N3O4. The van der Waals surface area contributed by atoms with Gasteiger partial charge in [0.1, 0.15) is 18.7 Å². The topological polar surface area (TPSA) is 87.7 Å². The Morgan fingerprint density at radius 2 is 1.51 bits per heavy atom. The molecule has 4 aromatic carbocycles. The van der Waals surface area contributed by atoms with E-state index in [2.05, 4.69) is 34.9 Å². The molecule has 43 heavy (non-hydrogen) atoms. The van der Waals surface area contributed by atoms with E-state index in [0.717, 1.165) is 44.6 Å². The quantitative estimate of drug-likeness (QED) is 0.312. The third-order valence-electron chi connectivity index (χ3n) is 9.00. The molecule has 1 aliphatic carbocycles. The largest absolute Gasteiger partial charge is 0.449 e. The number of hydrogen-bond acceptors (Lipinski definition) is 4. The van der Waals surface area contributed by atoms with Crippen LogP contribution in [0, 0.1) is 0 Å². The average Bonchev–Trinajstić information content (AvgIpc) is 3.54. The van der Waals surface area contributed by atoms with Gasteiger partial charge in [-0.15, -0.1) is 0 Å². The van der Waals surface area contributed by atoms with Crippen molar-refractivity contribution in [2.24, 2.45) is 0 Å². The number of ether oxygens (including phenoxy) is 1. The molecule has 2 heterocycles. The molecule has 216 valence electrons. The number of amides is 3. The molecular weight excluding hydrogens is 538 g/mol. The number of para-hydroxylation sites is 1. The summed E-state index contributed by atoms with van der Waals surface area (Å²) in [7, 11) is 0. The lowest BCUT2D eigenvalue weighted by Gasteiger charge is -2.28. The molecule has 0 saturated heterocycles. The molecule has 3 amide bonds. The van der Waals surface area contributed by atoms with E-state index < -0.39 is 18.2 Å². The molecule has 0 saturated carbocycles. The van der Waals surface area contributed by atoms with Crippen LogP contribution in [0.1, 0.15) is 53.1 Å². The van der Waals surface area contributed by atoms with Crippen LogP contribution in [-0.2, 0) is 27.2 Å². The van der Waals surface area contributed by atoms with E-state index in [1.807, 2.05) is 79.7 Å². The predicted molar refractivity (Wildman–Crippen MR) is 165 cm³/mol. The molecule has 3 atom stereocenters. The Morgan fingerprint density at radius 3 is 2.23 bits per heavy atom. The van der Waals surface area contributed by atoms with E-state index in [1.54, 1.807) is 4.90 Å². The van der Waals surface area contributed by atoms with Gasteiger partial charge >= 0.3 is 6.09 Å². The molecule has 7 nitrogen and oxygen atoms in total. The van der Waals surface area contributed by atoms with Gasteiger partial charge in [0.05, 0.1) is 11.7 Å². The van der Waals surface area contributed by atoms with Crippen molar-refractivity contribution in [3.05, 3.63) is 125 Å². The van der Waals surface area contributed by atoms with Gasteiger partial charge in [0.25, 0.3) is 0 Å². The SMILES string of the molecule is CC(NC(=O)C1Cc2cccc3c2N1C(=O)C(NC(=O)OCC1c2ccccc2-c2ccccc21)CC3)c1ccccc1. The van der Waals surface area contributed by atoms with Crippen LogP contribution in [0.4, 0.5) is 10.5 Å². The van der Waals surface area contributed by atoms with Gasteiger partial charge in [-0.2, -0.15) is 0 Å². The van der Waals surface area contributed by atoms with Crippen molar-refractivity contribution < 1.29 is 19.1 Å². The van der Waals surface area contributed by atoms with E-state index >= 15 is 0 Å². The molecule has 3 unspecified atom stereocenters. The molecule has 0 fully saturated rings. The third kappa shape index (κ3) is 4.84. The van der Waals surface area contributed by atoms with Gasteiger partial charge in [0.15, 0.2) is 0 Å². The molecule has 0 spiro atoms. The Labute approximate surface area is 250 Å². The molecule has 2 aliphatic heterocycles. The van der Waals surface area contributed by atoms with E-state index in [1.165, 1.54) is 0 Å². The Bertz CT molecular complexity index is 1670. The minimum atomic E-state index is -0.809. The van der Waals surface area contributed by atoms with Crippen LogP contribution < -0.4 is 15.5 Å². The Kier molecular flexibility index (Phi) is 6.93. The van der Waals surface area contributed by atoms with Crippen LogP contribution in [0.15, 0.2) is 97.1 Å². The highest BCUT2D eigenvalue weighted by Crippen LogP contribution is 2.44. The Hall–Kier alpha value is -4.91. The first-order chi connectivity index (χ1) is 21.0. The minimum Gasteiger partial charge on any atom is -0.449 e. The van der Waals surface area contributed by atoms with E-state index in [4.69, 9.17) is 4.74 Å². The van der Waals surface area contributed by atoms with Crippen molar-refractivity contribution in [3.8, 4) is 11.1 Å². The van der Waals surface area contributed by atoms with Crippen LogP contribution in [-0.4, -0.2) is 36.6 Å². The lowest BCUT2D eigenvalue weighted by atomic mass is 9.98. The zero-order valence-electron chi connectivity index (χ0n) is 24.0. The third-order valence-corrected chi connectivity index (χ3v) is 9.00. The van der Waals surface area contributed by atoms with Crippen molar-refractivity contribution in [1.29, 1.82) is 0 Å². The van der Waals surface area contributed by atoms with Gasteiger partial charge < -0.3 is 15.4 Å². The van der Waals surface area contributed by atoms with Gasteiger partial charge in [-0.25, -0.2) is 4.79 Å². The number of nitrogens with zero attached hydrogens (tertiary/aromatic N) is 1. The first-order valence-corrected chi connectivity index (χ1v) is 14.9. The summed E-state index contributed by atoms with van der Waals surface area (Å²) in [5, 5.41) is 5.95. The first-order valence-electron chi connectivity index (χ1n) is 14.9.